The van der Waals surface area contributed by atoms with Gasteiger partial charge >= 0.3 is 0 Å². The molecule has 1 fully saturated rings. The maximum atomic E-state index is 5.78. The molecule has 0 radical (unpaired) electrons. The van der Waals surface area contributed by atoms with Gasteiger partial charge in [0.05, 0.1) is 12.2 Å². The molecule has 0 unspecified atom stereocenters. The topological polar surface area (TPSA) is 43.8 Å². The zero-order valence-electron chi connectivity index (χ0n) is 11.9. The lowest BCUT2D eigenvalue weighted by atomic mass is 9.98. The molecule has 4 heteroatoms. The van der Waals surface area contributed by atoms with E-state index >= 15 is 0 Å². The minimum atomic E-state index is 0. The van der Waals surface area contributed by atoms with Crippen molar-refractivity contribution in [3.05, 3.63) is 41.7 Å². The molecule has 0 spiro atoms. The molecule has 0 amide bonds. The van der Waals surface area contributed by atoms with Gasteiger partial charge in [0, 0.05) is 18.3 Å². The SMILES string of the molecule is Cc1c(CN)cccc1-c1cnn(C2CCCC2)c1.Cl. The van der Waals surface area contributed by atoms with Crippen molar-refractivity contribution in [2.45, 2.75) is 45.2 Å². The summed E-state index contributed by atoms with van der Waals surface area (Å²) in [5.41, 5.74) is 10.7. The van der Waals surface area contributed by atoms with Crippen LogP contribution in [-0.2, 0) is 6.54 Å². The molecular formula is C16H22ClN3. The second kappa shape index (κ2) is 6.42. The Kier molecular flexibility index (Phi) is 4.84. The van der Waals surface area contributed by atoms with Crippen molar-refractivity contribution < 1.29 is 0 Å². The molecule has 1 aromatic heterocycles. The first-order valence-electron chi connectivity index (χ1n) is 7.12. The van der Waals surface area contributed by atoms with Gasteiger partial charge in [-0.05, 0) is 36.5 Å². The van der Waals surface area contributed by atoms with Crippen molar-refractivity contribution in [2.24, 2.45) is 5.73 Å². The van der Waals surface area contributed by atoms with E-state index in [4.69, 9.17) is 5.73 Å². The minimum absolute atomic E-state index is 0. The van der Waals surface area contributed by atoms with Gasteiger partial charge in [0.2, 0.25) is 0 Å². The number of rotatable bonds is 3. The summed E-state index contributed by atoms with van der Waals surface area (Å²) in [5, 5.41) is 4.56. The number of hydrogen-bond acceptors (Lipinski definition) is 2. The zero-order valence-corrected chi connectivity index (χ0v) is 12.7. The molecule has 2 aromatic rings. The normalized spacial score (nSPS) is 15.3. The highest BCUT2D eigenvalue weighted by Crippen LogP contribution is 2.31. The molecular weight excluding hydrogens is 270 g/mol. The Balaban J connectivity index is 0.00000147. The van der Waals surface area contributed by atoms with E-state index in [0.29, 0.717) is 12.6 Å². The van der Waals surface area contributed by atoms with E-state index in [0.717, 1.165) is 0 Å². The first-order valence-corrected chi connectivity index (χ1v) is 7.12. The summed E-state index contributed by atoms with van der Waals surface area (Å²) in [7, 11) is 0. The highest BCUT2D eigenvalue weighted by molar-refractivity contribution is 5.85. The Morgan fingerprint density at radius 2 is 2.05 bits per heavy atom. The fraction of sp³-hybridized carbons (Fsp3) is 0.438. The lowest BCUT2D eigenvalue weighted by molar-refractivity contribution is 0.467. The zero-order chi connectivity index (χ0) is 13.2. The van der Waals surface area contributed by atoms with Crippen molar-refractivity contribution in [1.29, 1.82) is 0 Å². The standard InChI is InChI=1S/C16H21N3.ClH/c1-12-13(9-17)5-4-8-16(12)14-10-18-19(11-14)15-6-2-3-7-15;/h4-5,8,10-11,15H,2-3,6-7,9,17H2,1H3;1H. The Morgan fingerprint density at radius 3 is 2.75 bits per heavy atom. The first-order chi connectivity index (χ1) is 9.29. The molecule has 3 nitrogen and oxygen atoms in total. The van der Waals surface area contributed by atoms with Crippen LogP contribution in [0.25, 0.3) is 11.1 Å². The fourth-order valence-electron chi connectivity index (χ4n) is 3.06. The molecule has 108 valence electrons. The minimum Gasteiger partial charge on any atom is -0.326 e. The van der Waals surface area contributed by atoms with Gasteiger partial charge in [-0.15, -0.1) is 12.4 Å². The molecule has 3 rings (SSSR count). The predicted octanol–water partition coefficient (Wildman–Crippen LogP) is 3.85. The third-order valence-electron chi connectivity index (χ3n) is 4.28. The van der Waals surface area contributed by atoms with Crippen LogP contribution >= 0.6 is 12.4 Å². The summed E-state index contributed by atoms with van der Waals surface area (Å²) in [5.74, 6) is 0. The van der Waals surface area contributed by atoms with Gasteiger partial charge in [0.25, 0.3) is 0 Å². The maximum absolute atomic E-state index is 5.78. The quantitative estimate of drug-likeness (QED) is 0.933. The van der Waals surface area contributed by atoms with E-state index in [9.17, 15) is 0 Å². The lowest BCUT2D eigenvalue weighted by Gasteiger charge is -2.10. The van der Waals surface area contributed by atoms with E-state index in [1.54, 1.807) is 0 Å². The van der Waals surface area contributed by atoms with Crippen molar-refractivity contribution in [3.63, 3.8) is 0 Å². The third kappa shape index (κ3) is 2.74. The van der Waals surface area contributed by atoms with Gasteiger partial charge in [0.1, 0.15) is 0 Å². The Hall–Kier alpha value is -1.32. The number of nitrogens with zero attached hydrogens (tertiary/aromatic N) is 2. The van der Waals surface area contributed by atoms with Gasteiger partial charge in [-0.3, -0.25) is 4.68 Å². The van der Waals surface area contributed by atoms with E-state index < -0.39 is 0 Å². The van der Waals surface area contributed by atoms with E-state index in [-0.39, 0.29) is 12.4 Å². The summed E-state index contributed by atoms with van der Waals surface area (Å²) in [6.45, 7) is 2.74. The molecule has 0 bridgehead atoms. The van der Waals surface area contributed by atoms with Gasteiger partial charge in [-0.25, -0.2) is 0 Å². The monoisotopic (exact) mass is 291 g/mol. The highest BCUT2D eigenvalue weighted by atomic mass is 35.5. The number of hydrogen-bond donors (Lipinski definition) is 1. The van der Waals surface area contributed by atoms with E-state index in [1.165, 1.54) is 47.9 Å². The van der Waals surface area contributed by atoms with Gasteiger partial charge in [-0.2, -0.15) is 5.10 Å². The Bertz CT molecular complexity index is 571. The largest absolute Gasteiger partial charge is 0.326 e. The van der Waals surface area contributed by atoms with Gasteiger partial charge in [-0.1, -0.05) is 31.0 Å². The molecule has 1 aromatic carbocycles. The van der Waals surface area contributed by atoms with Crippen molar-refractivity contribution in [1.82, 2.24) is 9.78 Å². The Morgan fingerprint density at radius 1 is 1.30 bits per heavy atom. The first kappa shape index (κ1) is 15.1. The van der Waals surface area contributed by atoms with Gasteiger partial charge in [0.15, 0.2) is 0 Å². The number of nitrogens with two attached hydrogens (primary N) is 1. The molecule has 1 aliphatic rings. The average Bonchev–Trinajstić information content (AvgIpc) is 3.09. The van der Waals surface area contributed by atoms with Crippen molar-refractivity contribution >= 4 is 12.4 Å². The van der Waals surface area contributed by atoms with Crippen LogP contribution in [0, 0.1) is 6.92 Å². The fourth-order valence-corrected chi connectivity index (χ4v) is 3.06. The lowest BCUT2D eigenvalue weighted by Crippen LogP contribution is -2.04. The Labute approximate surface area is 126 Å². The molecule has 1 heterocycles. The van der Waals surface area contributed by atoms with Crippen LogP contribution in [0.4, 0.5) is 0 Å². The van der Waals surface area contributed by atoms with Crippen LogP contribution in [0.2, 0.25) is 0 Å². The molecule has 1 aliphatic carbocycles. The predicted molar refractivity (Wildman–Crippen MR) is 85.0 cm³/mol. The summed E-state index contributed by atoms with van der Waals surface area (Å²) in [6, 6.07) is 6.94. The second-order valence-corrected chi connectivity index (χ2v) is 5.44. The number of aromatic nitrogens is 2. The highest BCUT2D eigenvalue weighted by Gasteiger charge is 2.18. The summed E-state index contributed by atoms with van der Waals surface area (Å²) in [4.78, 5) is 0. The molecule has 20 heavy (non-hydrogen) atoms. The van der Waals surface area contributed by atoms with Gasteiger partial charge < -0.3 is 5.73 Å². The average molecular weight is 292 g/mol. The second-order valence-electron chi connectivity index (χ2n) is 5.44. The maximum Gasteiger partial charge on any atom is 0.0568 e. The molecule has 0 aliphatic heterocycles. The van der Waals surface area contributed by atoms with E-state index in [2.05, 4.69) is 41.1 Å². The molecule has 0 saturated heterocycles. The molecule has 0 atom stereocenters. The number of halogens is 1. The van der Waals surface area contributed by atoms with Crippen LogP contribution < -0.4 is 5.73 Å². The van der Waals surface area contributed by atoms with Crippen LogP contribution in [0.5, 0.6) is 0 Å². The van der Waals surface area contributed by atoms with Crippen LogP contribution in [-0.4, -0.2) is 9.78 Å². The summed E-state index contributed by atoms with van der Waals surface area (Å²) in [6.07, 6.45) is 9.38. The van der Waals surface area contributed by atoms with Crippen LogP contribution in [0.3, 0.4) is 0 Å². The van der Waals surface area contributed by atoms with Crippen LogP contribution in [0.1, 0.15) is 42.9 Å². The summed E-state index contributed by atoms with van der Waals surface area (Å²) < 4.78 is 2.15. The molecule has 1 saturated carbocycles. The number of benzene rings is 1. The van der Waals surface area contributed by atoms with E-state index in [1.807, 2.05) is 6.20 Å². The van der Waals surface area contributed by atoms with Crippen LogP contribution in [0.15, 0.2) is 30.6 Å². The molecule has 2 N–H and O–H groups in total. The summed E-state index contributed by atoms with van der Waals surface area (Å²) >= 11 is 0. The van der Waals surface area contributed by atoms with Crippen molar-refractivity contribution in [3.8, 4) is 11.1 Å². The smallest absolute Gasteiger partial charge is 0.0568 e. The third-order valence-corrected chi connectivity index (χ3v) is 4.28. The van der Waals surface area contributed by atoms with Crippen molar-refractivity contribution in [2.75, 3.05) is 0 Å².